The van der Waals surface area contributed by atoms with E-state index >= 15 is 0 Å². The average molecular weight is 471 g/mol. The number of halogens is 1. The molecule has 0 radical (unpaired) electrons. The Morgan fingerprint density at radius 3 is 2.26 bits per heavy atom. The Morgan fingerprint density at radius 1 is 0.824 bits per heavy atom. The fourth-order valence-electron chi connectivity index (χ4n) is 5.01. The van der Waals surface area contributed by atoms with Gasteiger partial charge in [-0.25, -0.2) is 0 Å². The standard InChI is InChI=1S/C30H31ClN2O/c31-28-15-13-25(14-16-28)24-9-11-26(12-10-24)30(34)33-21-5-7-27-22-23(8-17-29(27)33)6-4-20-32-18-2-1-3-19-32/h4,6,8-17,22H,1-3,5,7,18-21H2. The predicted molar refractivity (Wildman–Crippen MR) is 143 cm³/mol. The Hall–Kier alpha value is -2.88. The smallest absolute Gasteiger partial charge is 0.258 e. The third-order valence-electron chi connectivity index (χ3n) is 6.90. The monoisotopic (exact) mass is 470 g/mol. The molecule has 0 spiro atoms. The van der Waals surface area contributed by atoms with E-state index in [-0.39, 0.29) is 5.91 Å². The van der Waals surface area contributed by atoms with Gasteiger partial charge in [0, 0.05) is 29.4 Å². The lowest BCUT2D eigenvalue weighted by Gasteiger charge is -2.30. The molecule has 34 heavy (non-hydrogen) atoms. The predicted octanol–water partition coefficient (Wildman–Crippen LogP) is 7.10. The summed E-state index contributed by atoms with van der Waals surface area (Å²) in [5.74, 6) is 0.0667. The van der Waals surface area contributed by atoms with Crippen molar-refractivity contribution in [3.63, 3.8) is 0 Å². The van der Waals surface area contributed by atoms with Crippen molar-refractivity contribution >= 4 is 29.3 Å². The van der Waals surface area contributed by atoms with Gasteiger partial charge in [-0.15, -0.1) is 0 Å². The lowest BCUT2D eigenvalue weighted by Crippen LogP contribution is -2.35. The highest BCUT2D eigenvalue weighted by Gasteiger charge is 2.23. The van der Waals surface area contributed by atoms with Gasteiger partial charge >= 0.3 is 0 Å². The van der Waals surface area contributed by atoms with Crippen LogP contribution in [-0.2, 0) is 6.42 Å². The Labute approximate surface area is 207 Å². The third-order valence-corrected chi connectivity index (χ3v) is 7.15. The number of nitrogens with zero attached hydrogens (tertiary/aromatic N) is 2. The molecule has 4 heteroatoms. The van der Waals surface area contributed by atoms with Crippen LogP contribution in [0.4, 0.5) is 5.69 Å². The zero-order valence-electron chi connectivity index (χ0n) is 19.6. The highest BCUT2D eigenvalue weighted by Crippen LogP contribution is 2.30. The Morgan fingerprint density at radius 2 is 1.53 bits per heavy atom. The topological polar surface area (TPSA) is 23.6 Å². The second-order valence-electron chi connectivity index (χ2n) is 9.30. The number of carbonyl (C=O) groups excluding carboxylic acids is 1. The van der Waals surface area contributed by atoms with Crippen LogP contribution in [0.15, 0.2) is 72.8 Å². The van der Waals surface area contributed by atoms with Crippen molar-refractivity contribution in [2.45, 2.75) is 32.1 Å². The van der Waals surface area contributed by atoms with Crippen molar-refractivity contribution in [1.29, 1.82) is 0 Å². The highest BCUT2D eigenvalue weighted by atomic mass is 35.5. The van der Waals surface area contributed by atoms with Crippen molar-refractivity contribution < 1.29 is 4.79 Å². The molecule has 0 N–H and O–H groups in total. The van der Waals surface area contributed by atoms with Crippen LogP contribution in [0.1, 0.15) is 47.2 Å². The molecule has 0 bridgehead atoms. The molecule has 1 fully saturated rings. The second kappa shape index (κ2) is 10.6. The van der Waals surface area contributed by atoms with Crippen LogP contribution in [0.3, 0.4) is 0 Å². The molecule has 3 aromatic carbocycles. The number of likely N-dealkylation sites (tertiary alicyclic amines) is 1. The average Bonchev–Trinajstić information content (AvgIpc) is 2.89. The van der Waals surface area contributed by atoms with Gasteiger partial charge in [-0.3, -0.25) is 9.69 Å². The second-order valence-corrected chi connectivity index (χ2v) is 9.73. The molecule has 0 unspecified atom stereocenters. The number of fused-ring (bicyclic) bond motifs is 1. The number of hydrogen-bond acceptors (Lipinski definition) is 2. The zero-order valence-corrected chi connectivity index (χ0v) is 20.3. The van der Waals surface area contributed by atoms with Gasteiger partial charge in [-0.1, -0.05) is 60.5 Å². The quantitative estimate of drug-likeness (QED) is 0.397. The fraction of sp³-hybridized carbons (Fsp3) is 0.300. The van der Waals surface area contributed by atoms with Crippen molar-refractivity contribution in [1.82, 2.24) is 4.90 Å². The minimum atomic E-state index is 0.0667. The summed E-state index contributed by atoms with van der Waals surface area (Å²) < 4.78 is 0. The van der Waals surface area contributed by atoms with Crippen LogP contribution in [0, 0.1) is 0 Å². The lowest BCUT2D eigenvalue weighted by atomic mass is 9.97. The number of carbonyl (C=O) groups is 1. The molecule has 1 amide bonds. The van der Waals surface area contributed by atoms with Gasteiger partial charge in [0.15, 0.2) is 0 Å². The van der Waals surface area contributed by atoms with E-state index in [4.69, 9.17) is 11.6 Å². The van der Waals surface area contributed by atoms with Gasteiger partial charge in [-0.05, 0) is 97.4 Å². The van der Waals surface area contributed by atoms with E-state index < -0.39 is 0 Å². The summed E-state index contributed by atoms with van der Waals surface area (Å²) in [6, 6.07) is 22.2. The first-order valence-corrected chi connectivity index (χ1v) is 12.7. The molecular weight excluding hydrogens is 440 g/mol. The summed E-state index contributed by atoms with van der Waals surface area (Å²) in [4.78, 5) is 17.8. The fourth-order valence-corrected chi connectivity index (χ4v) is 5.14. The van der Waals surface area contributed by atoms with E-state index in [1.54, 1.807) is 0 Å². The molecule has 1 saturated heterocycles. The van der Waals surface area contributed by atoms with E-state index in [1.807, 2.05) is 53.4 Å². The summed E-state index contributed by atoms with van der Waals surface area (Å²) in [7, 11) is 0. The summed E-state index contributed by atoms with van der Waals surface area (Å²) in [5, 5.41) is 0.722. The summed E-state index contributed by atoms with van der Waals surface area (Å²) in [6.45, 7) is 4.21. The van der Waals surface area contributed by atoms with E-state index in [1.165, 1.54) is 43.5 Å². The van der Waals surface area contributed by atoms with Crippen molar-refractivity contribution in [3.8, 4) is 11.1 Å². The first kappa shape index (κ1) is 22.9. The lowest BCUT2D eigenvalue weighted by molar-refractivity contribution is 0.0985. The molecule has 2 heterocycles. The summed E-state index contributed by atoms with van der Waals surface area (Å²) in [6.07, 6.45) is 10.5. The van der Waals surface area contributed by atoms with Gasteiger partial charge in [0.25, 0.3) is 5.91 Å². The molecule has 0 aliphatic carbocycles. The molecule has 2 aliphatic heterocycles. The van der Waals surface area contributed by atoms with Gasteiger partial charge in [-0.2, -0.15) is 0 Å². The Bertz CT molecular complexity index is 1160. The van der Waals surface area contributed by atoms with Crippen molar-refractivity contribution in [3.05, 3.63) is 94.5 Å². The van der Waals surface area contributed by atoms with Crippen LogP contribution in [0.25, 0.3) is 17.2 Å². The minimum absolute atomic E-state index is 0.0667. The van der Waals surface area contributed by atoms with Crippen molar-refractivity contribution in [2.75, 3.05) is 31.1 Å². The van der Waals surface area contributed by atoms with Crippen LogP contribution < -0.4 is 4.90 Å². The van der Waals surface area contributed by atoms with Crippen LogP contribution in [-0.4, -0.2) is 37.0 Å². The number of piperidine rings is 1. The van der Waals surface area contributed by atoms with Gasteiger partial charge in [0.05, 0.1) is 0 Å². The van der Waals surface area contributed by atoms with E-state index in [2.05, 4.69) is 35.3 Å². The minimum Gasteiger partial charge on any atom is -0.308 e. The van der Waals surface area contributed by atoms with E-state index in [0.717, 1.165) is 53.3 Å². The maximum Gasteiger partial charge on any atom is 0.258 e. The van der Waals surface area contributed by atoms with Crippen molar-refractivity contribution in [2.24, 2.45) is 0 Å². The number of rotatable bonds is 5. The zero-order chi connectivity index (χ0) is 23.3. The van der Waals surface area contributed by atoms with Gasteiger partial charge in [0.1, 0.15) is 0 Å². The van der Waals surface area contributed by atoms with Gasteiger partial charge < -0.3 is 4.90 Å². The van der Waals surface area contributed by atoms with E-state index in [0.29, 0.717) is 0 Å². The number of aryl methyl sites for hydroxylation is 1. The molecule has 3 aromatic rings. The summed E-state index contributed by atoms with van der Waals surface area (Å²) >= 11 is 6.00. The molecule has 174 valence electrons. The SMILES string of the molecule is O=C(c1ccc(-c2ccc(Cl)cc2)cc1)N1CCCc2cc(C=CCN3CCCCC3)ccc21. The number of amides is 1. The molecule has 0 atom stereocenters. The first-order chi connectivity index (χ1) is 16.7. The molecule has 0 aromatic heterocycles. The van der Waals surface area contributed by atoms with Crippen LogP contribution in [0.2, 0.25) is 5.02 Å². The number of hydrogen-bond donors (Lipinski definition) is 0. The number of benzene rings is 3. The molecule has 0 saturated carbocycles. The number of anilines is 1. The molecule has 3 nitrogen and oxygen atoms in total. The summed E-state index contributed by atoms with van der Waals surface area (Å²) in [5.41, 5.74) is 6.41. The normalized spacial score (nSPS) is 16.6. The van der Waals surface area contributed by atoms with Crippen LogP contribution >= 0.6 is 11.6 Å². The van der Waals surface area contributed by atoms with Gasteiger partial charge in [0.2, 0.25) is 0 Å². The van der Waals surface area contributed by atoms with E-state index in [9.17, 15) is 4.79 Å². The Balaban J connectivity index is 1.28. The molecule has 2 aliphatic rings. The maximum absolute atomic E-state index is 13.4. The molecular formula is C30H31ClN2O. The third kappa shape index (κ3) is 5.27. The molecule has 5 rings (SSSR count). The maximum atomic E-state index is 13.4. The Kier molecular flexibility index (Phi) is 7.13. The largest absolute Gasteiger partial charge is 0.308 e. The van der Waals surface area contributed by atoms with Crippen LogP contribution in [0.5, 0.6) is 0 Å². The highest BCUT2D eigenvalue weighted by molar-refractivity contribution is 6.30. The first-order valence-electron chi connectivity index (χ1n) is 12.4.